The van der Waals surface area contributed by atoms with Crippen molar-refractivity contribution in [2.75, 3.05) is 0 Å². The topological polar surface area (TPSA) is 7.76 Å². The quantitative estimate of drug-likeness (QED) is 0.273. The standard InChI is InChI=1S/C20H28N2.C5H10.BF3.FH/c1-21-14-9-19(10-15-21)20-11-16-22(17-12-20)13-5-4-8-18-6-2-3-7-18;1-2-4-5-3-1;2-1(3)4;/h9-12,14-18H,2-8,13H2,1H3;1-5H2;;1H/q+2;;;/p-1. The van der Waals surface area contributed by atoms with Crippen LogP contribution in [0.25, 0.3) is 11.1 Å². The number of halogens is 4. The van der Waals surface area contributed by atoms with Gasteiger partial charge in [0.1, 0.15) is 13.6 Å². The van der Waals surface area contributed by atoms with Gasteiger partial charge in [-0.15, -0.1) is 0 Å². The van der Waals surface area contributed by atoms with Crippen molar-refractivity contribution in [1.29, 1.82) is 0 Å². The van der Waals surface area contributed by atoms with E-state index in [-0.39, 0.29) is 4.70 Å². The Bertz CT molecular complexity index is 691. The molecule has 2 fully saturated rings. The fourth-order valence-corrected chi connectivity index (χ4v) is 4.40. The van der Waals surface area contributed by atoms with Crippen molar-refractivity contribution in [3.63, 3.8) is 0 Å². The van der Waals surface area contributed by atoms with E-state index >= 15 is 0 Å². The van der Waals surface area contributed by atoms with Gasteiger partial charge in [-0.2, -0.15) is 0 Å². The summed E-state index contributed by atoms with van der Waals surface area (Å²) in [5.41, 5.74) is 2.58. The molecule has 0 amide bonds. The van der Waals surface area contributed by atoms with Gasteiger partial charge in [-0.25, -0.2) is 9.13 Å². The van der Waals surface area contributed by atoms with Crippen LogP contribution in [-0.2, 0) is 13.6 Å². The summed E-state index contributed by atoms with van der Waals surface area (Å²) in [7, 11) is -1.62. The maximum absolute atomic E-state index is 9.67. The van der Waals surface area contributed by atoms with E-state index in [4.69, 9.17) is 0 Å². The maximum Gasteiger partial charge on any atom is 0.762 e. The lowest BCUT2D eigenvalue weighted by atomic mass is 10.0. The Balaban J connectivity index is 0.000000431. The summed E-state index contributed by atoms with van der Waals surface area (Å²) in [4.78, 5) is 0. The number of rotatable bonds is 6. The van der Waals surface area contributed by atoms with Crippen LogP contribution in [0.3, 0.4) is 0 Å². The molecule has 7 heteroatoms. The minimum Gasteiger partial charge on any atom is -1.00 e. The van der Waals surface area contributed by atoms with Crippen molar-refractivity contribution in [3.05, 3.63) is 49.1 Å². The van der Waals surface area contributed by atoms with Gasteiger partial charge >= 0.3 is 7.54 Å². The van der Waals surface area contributed by atoms with E-state index in [1.165, 1.54) is 88.2 Å². The Kier molecular flexibility index (Phi) is 14.7. The van der Waals surface area contributed by atoms with Crippen LogP contribution in [0.5, 0.6) is 0 Å². The third-order valence-corrected chi connectivity index (χ3v) is 6.21. The van der Waals surface area contributed by atoms with Gasteiger partial charge in [0, 0.05) is 30.7 Å². The van der Waals surface area contributed by atoms with Crippen molar-refractivity contribution < 1.29 is 26.8 Å². The molecule has 2 aliphatic rings. The molecule has 2 aliphatic carbocycles. The predicted octanol–water partition coefficient (Wildman–Crippen LogP) is 3.66. The molecule has 0 aliphatic heterocycles. The Morgan fingerprint density at radius 3 is 1.66 bits per heavy atom. The number of aromatic nitrogens is 2. The Morgan fingerprint density at radius 1 is 0.750 bits per heavy atom. The smallest absolute Gasteiger partial charge is 0.762 e. The van der Waals surface area contributed by atoms with Crippen molar-refractivity contribution in [3.8, 4) is 11.1 Å². The highest BCUT2D eigenvalue weighted by atomic mass is 19.4. The Morgan fingerprint density at radius 2 is 1.19 bits per heavy atom. The van der Waals surface area contributed by atoms with Gasteiger partial charge in [-0.1, -0.05) is 64.2 Å². The molecule has 0 aromatic carbocycles. The zero-order valence-corrected chi connectivity index (χ0v) is 19.4. The zero-order valence-electron chi connectivity index (χ0n) is 19.4. The Hall–Kier alpha value is -1.92. The molecule has 2 aromatic heterocycles. The first-order chi connectivity index (χ1) is 15.0. The second-order valence-electron chi connectivity index (χ2n) is 8.74. The van der Waals surface area contributed by atoms with Crippen LogP contribution in [0, 0.1) is 5.92 Å². The minimum atomic E-state index is -3.67. The lowest BCUT2D eigenvalue weighted by Crippen LogP contribution is -3.00. The summed E-state index contributed by atoms with van der Waals surface area (Å²) in [6, 6.07) is 8.79. The van der Waals surface area contributed by atoms with Gasteiger partial charge in [0.15, 0.2) is 24.8 Å². The SMILES string of the molecule is C1CCCC1.C[n+]1ccc(-c2cc[n+](CCCCC3CCCC3)cc2)cc1.FB(F)F.[F-]. The van der Waals surface area contributed by atoms with Gasteiger partial charge in [0.2, 0.25) is 0 Å². The summed E-state index contributed by atoms with van der Waals surface area (Å²) in [6.45, 7) is 1.15. The first kappa shape index (κ1) is 28.1. The molecule has 2 aromatic rings. The summed E-state index contributed by atoms with van der Waals surface area (Å²) in [5, 5.41) is 0. The monoisotopic (exact) mass is 453 g/mol. The first-order valence-electron chi connectivity index (χ1n) is 11.9. The minimum absolute atomic E-state index is 0. The number of aryl methyl sites for hydroxylation is 2. The van der Waals surface area contributed by atoms with E-state index in [1.54, 1.807) is 0 Å². The Labute approximate surface area is 191 Å². The van der Waals surface area contributed by atoms with Crippen LogP contribution in [-0.4, -0.2) is 7.54 Å². The molecule has 0 saturated heterocycles. The fraction of sp³-hybridized carbons (Fsp3) is 0.600. The van der Waals surface area contributed by atoms with Crippen LogP contribution >= 0.6 is 0 Å². The number of pyridine rings is 2. The number of nitrogens with zero attached hydrogens (tertiary/aromatic N) is 2. The highest BCUT2D eigenvalue weighted by Crippen LogP contribution is 2.28. The highest BCUT2D eigenvalue weighted by molar-refractivity contribution is 6.33. The van der Waals surface area contributed by atoms with E-state index in [0.29, 0.717) is 0 Å². The first-order valence-corrected chi connectivity index (χ1v) is 11.9. The van der Waals surface area contributed by atoms with Gasteiger partial charge in [-0.3, -0.25) is 12.9 Å². The summed E-state index contributed by atoms with van der Waals surface area (Å²) in [5.74, 6) is 1.03. The van der Waals surface area contributed by atoms with E-state index in [9.17, 15) is 12.9 Å². The van der Waals surface area contributed by atoms with E-state index in [1.807, 2.05) is 7.05 Å². The summed E-state index contributed by atoms with van der Waals surface area (Å²) < 4.78 is 33.4. The van der Waals surface area contributed by atoms with Crippen LogP contribution in [0.1, 0.15) is 77.0 Å². The van der Waals surface area contributed by atoms with E-state index in [0.717, 1.165) is 12.5 Å². The van der Waals surface area contributed by atoms with Crippen molar-refractivity contribution >= 4 is 7.54 Å². The van der Waals surface area contributed by atoms with Gasteiger partial charge < -0.3 is 4.70 Å². The largest absolute Gasteiger partial charge is 1.00 e. The molecule has 2 nitrogen and oxygen atoms in total. The molecule has 32 heavy (non-hydrogen) atoms. The third-order valence-electron chi connectivity index (χ3n) is 6.21. The number of unbranched alkanes of at least 4 members (excludes halogenated alkanes) is 1. The second-order valence-corrected chi connectivity index (χ2v) is 8.74. The molecular formula is C25H38BF4N2+. The average molecular weight is 453 g/mol. The fourth-order valence-electron chi connectivity index (χ4n) is 4.40. The molecule has 0 atom stereocenters. The van der Waals surface area contributed by atoms with Crippen LogP contribution in [0.2, 0.25) is 0 Å². The second kappa shape index (κ2) is 16.7. The molecular weight excluding hydrogens is 415 g/mol. The molecule has 0 bridgehead atoms. The normalized spacial score (nSPS) is 15.1. The predicted molar refractivity (Wildman–Crippen MR) is 121 cm³/mol. The molecule has 0 unspecified atom stereocenters. The molecule has 2 saturated carbocycles. The van der Waals surface area contributed by atoms with E-state index < -0.39 is 7.54 Å². The molecule has 4 rings (SSSR count). The number of hydrogen-bond donors (Lipinski definition) is 0. The average Bonchev–Trinajstić information content (AvgIpc) is 3.49. The molecule has 2 heterocycles. The summed E-state index contributed by atoms with van der Waals surface area (Å²) in [6.07, 6.45) is 26.2. The lowest BCUT2D eigenvalue weighted by Gasteiger charge is -2.06. The summed E-state index contributed by atoms with van der Waals surface area (Å²) >= 11 is 0. The van der Waals surface area contributed by atoms with Gasteiger partial charge in [0.25, 0.3) is 0 Å². The van der Waals surface area contributed by atoms with Crippen molar-refractivity contribution in [2.45, 2.75) is 83.6 Å². The maximum atomic E-state index is 9.67. The molecule has 0 spiro atoms. The van der Waals surface area contributed by atoms with Crippen LogP contribution < -0.4 is 13.8 Å². The molecule has 0 radical (unpaired) electrons. The zero-order chi connectivity index (χ0) is 22.3. The van der Waals surface area contributed by atoms with Crippen LogP contribution in [0.15, 0.2) is 49.1 Å². The molecule has 0 N–H and O–H groups in total. The lowest BCUT2D eigenvalue weighted by molar-refractivity contribution is -0.697. The van der Waals surface area contributed by atoms with Gasteiger partial charge in [0.05, 0.1) is 0 Å². The highest BCUT2D eigenvalue weighted by Gasteiger charge is 2.14. The van der Waals surface area contributed by atoms with Gasteiger partial charge in [-0.05, 0) is 23.5 Å². The van der Waals surface area contributed by atoms with Crippen molar-refractivity contribution in [1.82, 2.24) is 0 Å². The number of hydrogen-bond acceptors (Lipinski definition) is 0. The molecule has 178 valence electrons. The van der Waals surface area contributed by atoms with Crippen molar-refractivity contribution in [2.24, 2.45) is 13.0 Å². The third kappa shape index (κ3) is 12.2. The van der Waals surface area contributed by atoms with E-state index in [2.05, 4.69) is 58.2 Å². The van der Waals surface area contributed by atoms with Crippen LogP contribution in [0.4, 0.5) is 12.9 Å².